The van der Waals surface area contributed by atoms with Crippen molar-refractivity contribution in [2.24, 2.45) is 0 Å². The average molecular weight is 441 g/mol. The molecule has 0 aliphatic carbocycles. The van der Waals surface area contributed by atoms with Gasteiger partial charge in [-0.3, -0.25) is 14.6 Å². The molecule has 0 atom stereocenters. The molecule has 8 heteroatoms. The van der Waals surface area contributed by atoms with Gasteiger partial charge >= 0.3 is 0 Å². The quantitative estimate of drug-likeness (QED) is 0.485. The largest absolute Gasteiger partial charge is 0.337 e. The molecule has 1 saturated heterocycles. The maximum atomic E-state index is 13.3. The van der Waals surface area contributed by atoms with E-state index in [2.05, 4.69) is 19.9 Å². The molecule has 8 nitrogen and oxygen atoms in total. The third-order valence-corrected chi connectivity index (χ3v) is 5.97. The molecular formula is C25H24N6O2. The molecular weight excluding hydrogens is 416 g/mol. The van der Waals surface area contributed by atoms with E-state index in [1.54, 1.807) is 40.2 Å². The van der Waals surface area contributed by atoms with Crippen LogP contribution in [0.5, 0.6) is 0 Å². The number of anilines is 1. The molecule has 0 N–H and O–H groups in total. The highest BCUT2D eigenvalue weighted by atomic mass is 16.2. The molecule has 1 aliphatic rings. The van der Waals surface area contributed by atoms with E-state index in [1.807, 2.05) is 43.3 Å². The number of rotatable bonds is 4. The molecule has 4 heterocycles. The second kappa shape index (κ2) is 8.82. The van der Waals surface area contributed by atoms with Crippen molar-refractivity contribution in [3.8, 4) is 0 Å². The maximum Gasteiger partial charge on any atom is 0.260 e. The summed E-state index contributed by atoms with van der Waals surface area (Å²) in [7, 11) is 0. The summed E-state index contributed by atoms with van der Waals surface area (Å²) in [6.45, 7) is 4.70. The Morgan fingerprint density at radius 2 is 1.70 bits per heavy atom. The fourth-order valence-corrected chi connectivity index (χ4v) is 4.16. The maximum absolute atomic E-state index is 13.3. The number of hydrogen-bond acceptors (Lipinski definition) is 6. The van der Waals surface area contributed by atoms with Gasteiger partial charge in [0.05, 0.1) is 28.7 Å². The number of carbonyl (C=O) groups excluding carboxylic acids is 1. The van der Waals surface area contributed by atoms with E-state index < -0.39 is 0 Å². The second-order valence-corrected chi connectivity index (χ2v) is 8.12. The van der Waals surface area contributed by atoms with Gasteiger partial charge < -0.3 is 14.4 Å². The van der Waals surface area contributed by atoms with Crippen molar-refractivity contribution in [2.75, 3.05) is 31.1 Å². The Kier molecular flexibility index (Phi) is 5.56. The van der Waals surface area contributed by atoms with Crippen molar-refractivity contribution < 1.29 is 4.79 Å². The first-order valence-corrected chi connectivity index (χ1v) is 11.0. The summed E-state index contributed by atoms with van der Waals surface area (Å²) < 4.78 is 1.65. The number of fused-ring (bicyclic) bond motifs is 1. The van der Waals surface area contributed by atoms with E-state index >= 15 is 0 Å². The first-order valence-electron chi connectivity index (χ1n) is 11.0. The first-order chi connectivity index (χ1) is 16.1. The van der Waals surface area contributed by atoms with E-state index in [1.165, 1.54) is 0 Å². The second-order valence-electron chi connectivity index (χ2n) is 8.12. The van der Waals surface area contributed by atoms with Gasteiger partial charge in [-0.1, -0.05) is 30.3 Å². The van der Waals surface area contributed by atoms with Crippen LogP contribution in [0.1, 0.15) is 21.6 Å². The number of carbonyl (C=O) groups is 1. The van der Waals surface area contributed by atoms with Gasteiger partial charge in [-0.25, -0.2) is 9.97 Å². The lowest BCUT2D eigenvalue weighted by atomic mass is 10.1. The van der Waals surface area contributed by atoms with E-state index in [0.29, 0.717) is 60.8 Å². The molecule has 0 saturated carbocycles. The Bertz CT molecular complexity index is 1350. The molecule has 3 aromatic heterocycles. The van der Waals surface area contributed by atoms with Crippen LogP contribution < -0.4 is 10.5 Å². The number of aryl methyl sites for hydroxylation is 1. The lowest BCUT2D eigenvalue weighted by Gasteiger charge is -2.34. The van der Waals surface area contributed by atoms with Crippen molar-refractivity contribution in [2.45, 2.75) is 13.5 Å². The minimum atomic E-state index is -0.149. The number of hydrogen-bond donors (Lipinski definition) is 0. The van der Waals surface area contributed by atoms with Crippen LogP contribution in [0, 0.1) is 6.92 Å². The smallest absolute Gasteiger partial charge is 0.260 e. The molecule has 0 bridgehead atoms. The standard InChI is InChI=1S/C25H24N6O2/c1-18-20(23(32)29-12-14-30(15-13-29)25-26-9-5-10-27-25)16-21-22(28-18)8-11-31(24(21)33)17-19-6-3-2-4-7-19/h2-11,16H,12-15,17H2,1H3. The summed E-state index contributed by atoms with van der Waals surface area (Å²) in [6, 6.07) is 15.1. The number of benzene rings is 1. The van der Waals surface area contributed by atoms with Gasteiger partial charge in [-0.15, -0.1) is 0 Å². The predicted octanol–water partition coefficient (Wildman–Crippen LogP) is 2.51. The van der Waals surface area contributed by atoms with Gasteiger partial charge in [0.2, 0.25) is 5.95 Å². The Hall–Kier alpha value is -4.07. The van der Waals surface area contributed by atoms with E-state index in [9.17, 15) is 9.59 Å². The van der Waals surface area contributed by atoms with Crippen molar-refractivity contribution in [3.63, 3.8) is 0 Å². The highest BCUT2D eigenvalue weighted by Crippen LogP contribution is 2.18. The van der Waals surface area contributed by atoms with Gasteiger partial charge in [0.1, 0.15) is 0 Å². The van der Waals surface area contributed by atoms with Crippen LogP contribution in [0.15, 0.2) is 71.9 Å². The minimum Gasteiger partial charge on any atom is -0.337 e. The lowest BCUT2D eigenvalue weighted by molar-refractivity contribution is 0.0745. The number of nitrogens with zero attached hydrogens (tertiary/aromatic N) is 6. The molecule has 0 spiro atoms. The van der Waals surface area contributed by atoms with Crippen LogP contribution in [0.4, 0.5) is 5.95 Å². The number of pyridine rings is 2. The Balaban J connectivity index is 1.39. The number of piperazine rings is 1. The van der Waals surface area contributed by atoms with Crippen LogP contribution in [0.25, 0.3) is 10.9 Å². The monoisotopic (exact) mass is 440 g/mol. The molecule has 166 valence electrons. The zero-order chi connectivity index (χ0) is 22.8. The zero-order valence-corrected chi connectivity index (χ0v) is 18.4. The van der Waals surface area contributed by atoms with Crippen molar-refractivity contribution in [1.82, 2.24) is 24.4 Å². The molecule has 1 aromatic carbocycles. The molecule has 1 fully saturated rings. The zero-order valence-electron chi connectivity index (χ0n) is 18.4. The molecule has 1 amide bonds. The predicted molar refractivity (Wildman–Crippen MR) is 126 cm³/mol. The number of aromatic nitrogens is 4. The van der Waals surface area contributed by atoms with E-state index in [-0.39, 0.29) is 11.5 Å². The minimum absolute atomic E-state index is 0.103. The van der Waals surface area contributed by atoms with E-state index in [4.69, 9.17) is 0 Å². The number of amides is 1. The third-order valence-electron chi connectivity index (χ3n) is 5.97. The van der Waals surface area contributed by atoms with Crippen LogP contribution in [-0.4, -0.2) is 56.5 Å². The SMILES string of the molecule is Cc1nc2ccn(Cc3ccccc3)c(=O)c2cc1C(=O)N1CCN(c2ncccn2)CC1. The van der Waals surface area contributed by atoms with Gasteiger partial charge in [-0.05, 0) is 30.7 Å². The molecule has 1 aliphatic heterocycles. The van der Waals surface area contributed by atoms with Crippen molar-refractivity contribution in [1.29, 1.82) is 0 Å². The highest BCUT2D eigenvalue weighted by molar-refractivity contribution is 5.98. The molecule has 0 radical (unpaired) electrons. The fraction of sp³-hybridized carbons (Fsp3) is 0.240. The average Bonchev–Trinajstić information content (AvgIpc) is 2.86. The van der Waals surface area contributed by atoms with E-state index in [0.717, 1.165) is 5.56 Å². The summed E-state index contributed by atoms with van der Waals surface area (Å²) >= 11 is 0. The summed E-state index contributed by atoms with van der Waals surface area (Å²) in [5, 5.41) is 0.457. The van der Waals surface area contributed by atoms with Crippen molar-refractivity contribution >= 4 is 22.8 Å². The third kappa shape index (κ3) is 4.19. The van der Waals surface area contributed by atoms with Gasteiger partial charge in [-0.2, -0.15) is 0 Å². The highest BCUT2D eigenvalue weighted by Gasteiger charge is 2.25. The van der Waals surface area contributed by atoms with Gasteiger partial charge in [0.15, 0.2) is 0 Å². The molecule has 5 rings (SSSR count). The van der Waals surface area contributed by atoms with Crippen LogP contribution >= 0.6 is 0 Å². The van der Waals surface area contributed by atoms with Crippen molar-refractivity contribution in [3.05, 3.63) is 94.3 Å². The van der Waals surface area contributed by atoms with Gasteiger partial charge in [0, 0.05) is 44.8 Å². The summed E-state index contributed by atoms with van der Waals surface area (Å²) in [5.41, 5.74) is 2.59. The topological polar surface area (TPSA) is 84.2 Å². The Morgan fingerprint density at radius 1 is 0.970 bits per heavy atom. The lowest BCUT2D eigenvalue weighted by Crippen LogP contribution is -2.49. The van der Waals surface area contributed by atoms with Crippen LogP contribution in [0.3, 0.4) is 0 Å². The van der Waals surface area contributed by atoms with Gasteiger partial charge in [0.25, 0.3) is 11.5 Å². The fourth-order valence-electron chi connectivity index (χ4n) is 4.16. The first kappa shape index (κ1) is 20.8. The molecule has 4 aromatic rings. The Morgan fingerprint density at radius 3 is 2.42 bits per heavy atom. The Labute approximate surface area is 191 Å². The molecule has 0 unspecified atom stereocenters. The summed E-state index contributed by atoms with van der Waals surface area (Å²) in [5.74, 6) is 0.570. The van der Waals surface area contributed by atoms with Crippen LogP contribution in [0.2, 0.25) is 0 Å². The summed E-state index contributed by atoms with van der Waals surface area (Å²) in [4.78, 5) is 43.5. The molecule has 33 heavy (non-hydrogen) atoms. The summed E-state index contributed by atoms with van der Waals surface area (Å²) in [6.07, 6.45) is 5.19. The van der Waals surface area contributed by atoms with Crippen LogP contribution in [-0.2, 0) is 6.54 Å². The normalized spacial score (nSPS) is 14.0.